The molecule has 126 valence electrons. The third-order valence-electron chi connectivity index (χ3n) is 4.85. The summed E-state index contributed by atoms with van der Waals surface area (Å²) in [6.45, 7) is 1.81. The van der Waals surface area contributed by atoms with Crippen molar-refractivity contribution in [3.05, 3.63) is 29.8 Å². The fourth-order valence-corrected chi connectivity index (χ4v) is 3.61. The standard InChI is InChI=1S/C18H22N4O2/c19-11-13-4-3-5-14(10-13)20-17(23)18(24)21-15-8-9-22(12-15)16-6-1-2-7-16/h3-5,10,15-16H,1-2,6-9,12H2,(H,20,23)(H,21,24)/t15-/m0/s1. The van der Waals surface area contributed by atoms with Crippen LogP contribution in [0.4, 0.5) is 5.69 Å². The Morgan fingerprint density at radius 1 is 1.17 bits per heavy atom. The molecule has 6 nitrogen and oxygen atoms in total. The molecular weight excluding hydrogens is 304 g/mol. The predicted molar refractivity (Wildman–Crippen MR) is 90.2 cm³/mol. The number of rotatable bonds is 3. The highest BCUT2D eigenvalue weighted by molar-refractivity contribution is 6.39. The molecule has 1 aliphatic heterocycles. The zero-order chi connectivity index (χ0) is 16.9. The van der Waals surface area contributed by atoms with Crippen LogP contribution in [-0.2, 0) is 9.59 Å². The van der Waals surface area contributed by atoms with Gasteiger partial charge in [0.05, 0.1) is 11.6 Å². The lowest BCUT2D eigenvalue weighted by Gasteiger charge is -2.23. The molecule has 1 heterocycles. The van der Waals surface area contributed by atoms with Crippen LogP contribution in [-0.4, -0.2) is 41.9 Å². The monoisotopic (exact) mass is 326 g/mol. The molecule has 0 spiro atoms. The van der Waals surface area contributed by atoms with Crippen molar-refractivity contribution >= 4 is 17.5 Å². The maximum atomic E-state index is 12.1. The van der Waals surface area contributed by atoms with E-state index in [9.17, 15) is 9.59 Å². The summed E-state index contributed by atoms with van der Waals surface area (Å²) >= 11 is 0. The van der Waals surface area contributed by atoms with Crippen LogP contribution in [0.1, 0.15) is 37.7 Å². The quantitative estimate of drug-likeness (QED) is 0.827. The maximum absolute atomic E-state index is 12.1. The number of benzene rings is 1. The minimum Gasteiger partial charge on any atom is -0.344 e. The van der Waals surface area contributed by atoms with Crippen molar-refractivity contribution in [2.24, 2.45) is 0 Å². The molecule has 1 aromatic rings. The molecule has 24 heavy (non-hydrogen) atoms. The minimum atomic E-state index is -0.690. The first-order chi connectivity index (χ1) is 11.7. The molecule has 1 aliphatic carbocycles. The van der Waals surface area contributed by atoms with E-state index in [4.69, 9.17) is 5.26 Å². The van der Waals surface area contributed by atoms with E-state index in [-0.39, 0.29) is 6.04 Å². The molecule has 3 rings (SSSR count). The molecule has 1 saturated heterocycles. The molecule has 1 aromatic carbocycles. The highest BCUT2D eigenvalue weighted by Gasteiger charge is 2.31. The molecular formula is C18H22N4O2. The first kappa shape index (κ1) is 16.5. The van der Waals surface area contributed by atoms with Gasteiger partial charge in [-0.25, -0.2) is 0 Å². The Kier molecular flexibility index (Phi) is 5.11. The average Bonchev–Trinajstić information content (AvgIpc) is 3.26. The van der Waals surface area contributed by atoms with Crippen molar-refractivity contribution in [1.29, 1.82) is 5.26 Å². The van der Waals surface area contributed by atoms with Crippen LogP contribution in [0.5, 0.6) is 0 Å². The van der Waals surface area contributed by atoms with Gasteiger partial charge in [-0.1, -0.05) is 18.9 Å². The molecule has 0 unspecified atom stereocenters. The van der Waals surface area contributed by atoms with Crippen LogP contribution in [0.2, 0.25) is 0 Å². The summed E-state index contributed by atoms with van der Waals surface area (Å²) in [5, 5.41) is 14.2. The molecule has 2 amide bonds. The Bertz CT molecular complexity index is 661. The average molecular weight is 326 g/mol. The molecule has 0 radical (unpaired) electrons. The Morgan fingerprint density at radius 3 is 2.71 bits per heavy atom. The summed E-state index contributed by atoms with van der Waals surface area (Å²) in [7, 11) is 0. The molecule has 1 atom stereocenters. The van der Waals surface area contributed by atoms with Crippen molar-refractivity contribution in [1.82, 2.24) is 10.2 Å². The summed E-state index contributed by atoms with van der Waals surface area (Å²) in [5.74, 6) is -1.31. The lowest BCUT2D eigenvalue weighted by Crippen LogP contribution is -2.43. The second-order valence-corrected chi connectivity index (χ2v) is 6.54. The van der Waals surface area contributed by atoms with Crippen molar-refractivity contribution in [2.75, 3.05) is 18.4 Å². The molecule has 2 aliphatic rings. The van der Waals surface area contributed by atoms with Gasteiger partial charge in [-0.15, -0.1) is 0 Å². The van der Waals surface area contributed by atoms with E-state index >= 15 is 0 Å². The van der Waals surface area contributed by atoms with Gasteiger partial charge in [0.15, 0.2) is 0 Å². The van der Waals surface area contributed by atoms with Crippen molar-refractivity contribution in [3.8, 4) is 6.07 Å². The van der Waals surface area contributed by atoms with Gasteiger partial charge in [0, 0.05) is 30.9 Å². The maximum Gasteiger partial charge on any atom is 0.313 e. The number of anilines is 1. The van der Waals surface area contributed by atoms with Crippen LogP contribution in [0.15, 0.2) is 24.3 Å². The number of carbonyl (C=O) groups excluding carboxylic acids is 2. The van der Waals surface area contributed by atoms with E-state index in [0.717, 1.165) is 19.5 Å². The Balaban J connectivity index is 1.49. The first-order valence-corrected chi connectivity index (χ1v) is 8.52. The predicted octanol–water partition coefficient (Wildman–Crippen LogP) is 1.63. The fraction of sp³-hybridized carbons (Fsp3) is 0.500. The van der Waals surface area contributed by atoms with E-state index in [1.165, 1.54) is 25.7 Å². The lowest BCUT2D eigenvalue weighted by atomic mass is 10.2. The number of carbonyl (C=O) groups is 2. The molecule has 6 heteroatoms. The van der Waals surface area contributed by atoms with Crippen molar-refractivity contribution in [2.45, 2.75) is 44.2 Å². The Morgan fingerprint density at radius 2 is 1.96 bits per heavy atom. The van der Waals surface area contributed by atoms with E-state index in [0.29, 0.717) is 17.3 Å². The summed E-state index contributed by atoms with van der Waals surface area (Å²) in [6.07, 6.45) is 5.97. The SMILES string of the molecule is N#Cc1cccc(NC(=O)C(=O)N[C@H]2CCN(C3CCCC3)C2)c1. The van der Waals surface area contributed by atoms with Crippen molar-refractivity contribution in [3.63, 3.8) is 0 Å². The van der Waals surface area contributed by atoms with Gasteiger partial charge >= 0.3 is 11.8 Å². The Labute approximate surface area is 141 Å². The second kappa shape index (κ2) is 7.45. The number of hydrogen-bond acceptors (Lipinski definition) is 4. The van der Waals surface area contributed by atoms with Crippen LogP contribution in [0.25, 0.3) is 0 Å². The van der Waals surface area contributed by atoms with Gasteiger partial charge in [-0.3, -0.25) is 14.5 Å². The van der Waals surface area contributed by atoms with Gasteiger partial charge in [-0.2, -0.15) is 5.26 Å². The van der Waals surface area contributed by atoms with Crippen molar-refractivity contribution < 1.29 is 9.59 Å². The van der Waals surface area contributed by atoms with E-state index in [1.54, 1.807) is 24.3 Å². The number of likely N-dealkylation sites (tertiary alicyclic amines) is 1. The molecule has 0 aromatic heterocycles. The number of nitriles is 1. The van der Waals surface area contributed by atoms with E-state index in [2.05, 4.69) is 15.5 Å². The number of amides is 2. The number of hydrogen-bond donors (Lipinski definition) is 2. The summed E-state index contributed by atoms with van der Waals surface area (Å²) in [5.41, 5.74) is 0.893. The zero-order valence-electron chi connectivity index (χ0n) is 13.6. The molecule has 2 N–H and O–H groups in total. The third-order valence-corrected chi connectivity index (χ3v) is 4.85. The largest absolute Gasteiger partial charge is 0.344 e. The van der Waals surface area contributed by atoms with Crippen LogP contribution < -0.4 is 10.6 Å². The van der Waals surface area contributed by atoms with E-state index < -0.39 is 11.8 Å². The van der Waals surface area contributed by atoms with Crippen LogP contribution >= 0.6 is 0 Å². The van der Waals surface area contributed by atoms with Gasteiger partial charge in [-0.05, 0) is 37.5 Å². The van der Waals surface area contributed by atoms with Crippen LogP contribution in [0, 0.1) is 11.3 Å². The van der Waals surface area contributed by atoms with Gasteiger partial charge in [0.1, 0.15) is 0 Å². The van der Waals surface area contributed by atoms with Crippen LogP contribution in [0.3, 0.4) is 0 Å². The summed E-state index contributed by atoms with van der Waals surface area (Å²) in [4.78, 5) is 26.5. The highest BCUT2D eigenvalue weighted by atomic mass is 16.2. The normalized spacial score (nSPS) is 21.4. The van der Waals surface area contributed by atoms with Gasteiger partial charge < -0.3 is 10.6 Å². The lowest BCUT2D eigenvalue weighted by molar-refractivity contribution is -0.136. The minimum absolute atomic E-state index is 0.0364. The summed E-state index contributed by atoms with van der Waals surface area (Å²) in [6, 6.07) is 9.20. The molecule has 1 saturated carbocycles. The number of nitrogens with zero attached hydrogens (tertiary/aromatic N) is 2. The number of nitrogens with one attached hydrogen (secondary N) is 2. The van der Waals surface area contributed by atoms with Gasteiger partial charge in [0.25, 0.3) is 0 Å². The fourth-order valence-electron chi connectivity index (χ4n) is 3.61. The highest BCUT2D eigenvalue weighted by Crippen LogP contribution is 2.26. The second-order valence-electron chi connectivity index (χ2n) is 6.54. The summed E-state index contributed by atoms with van der Waals surface area (Å²) < 4.78 is 0. The first-order valence-electron chi connectivity index (χ1n) is 8.52. The van der Waals surface area contributed by atoms with E-state index in [1.807, 2.05) is 6.07 Å². The van der Waals surface area contributed by atoms with Gasteiger partial charge in [0.2, 0.25) is 0 Å². The molecule has 0 bridgehead atoms. The zero-order valence-corrected chi connectivity index (χ0v) is 13.6. The third kappa shape index (κ3) is 3.92. The molecule has 2 fully saturated rings. The topological polar surface area (TPSA) is 85.2 Å². The Hall–Kier alpha value is -2.39. The smallest absolute Gasteiger partial charge is 0.313 e.